The monoisotopic (exact) mass is 345 g/mol. The SMILES string of the molecule is CCNC(=O)C1CCC(Cc2nc(NC3CC3)ncc2C(N)=O)CC1. The fourth-order valence-corrected chi connectivity index (χ4v) is 3.48. The van der Waals surface area contributed by atoms with Gasteiger partial charge in [0.15, 0.2) is 0 Å². The van der Waals surface area contributed by atoms with Crippen LogP contribution in [0, 0.1) is 11.8 Å². The molecule has 0 spiro atoms. The number of amides is 2. The lowest BCUT2D eigenvalue weighted by molar-refractivity contribution is -0.126. The highest BCUT2D eigenvalue weighted by Crippen LogP contribution is 2.32. The number of hydrogen-bond donors (Lipinski definition) is 3. The number of carbonyl (C=O) groups excluding carboxylic acids is 2. The molecule has 4 N–H and O–H groups in total. The maximum Gasteiger partial charge on any atom is 0.252 e. The predicted octanol–water partition coefficient (Wildman–Crippen LogP) is 1.63. The molecule has 2 fully saturated rings. The average molecular weight is 345 g/mol. The highest BCUT2D eigenvalue weighted by molar-refractivity contribution is 5.93. The van der Waals surface area contributed by atoms with Crippen LogP contribution in [0.5, 0.6) is 0 Å². The third-order valence-corrected chi connectivity index (χ3v) is 5.09. The van der Waals surface area contributed by atoms with Crippen molar-refractivity contribution in [3.8, 4) is 0 Å². The van der Waals surface area contributed by atoms with Gasteiger partial charge in [0.25, 0.3) is 5.91 Å². The number of hydrogen-bond acceptors (Lipinski definition) is 5. The van der Waals surface area contributed by atoms with Gasteiger partial charge in [0.05, 0.1) is 11.3 Å². The Labute approximate surface area is 148 Å². The average Bonchev–Trinajstić information content (AvgIpc) is 3.39. The van der Waals surface area contributed by atoms with Gasteiger partial charge in [-0.25, -0.2) is 9.97 Å². The Bertz CT molecular complexity index is 636. The summed E-state index contributed by atoms with van der Waals surface area (Å²) in [6.07, 6.45) is 8.24. The van der Waals surface area contributed by atoms with E-state index in [9.17, 15) is 9.59 Å². The van der Waals surface area contributed by atoms with Crippen LogP contribution in [0.2, 0.25) is 0 Å². The molecule has 0 atom stereocenters. The fraction of sp³-hybridized carbons (Fsp3) is 0.667. The summed E-state index contributed by atoms with van der Waals surface area (Å²) >= 11 is 0. The van der Waals surface area contributed by atoms with E-state index >= 15 is 0 Å². The summed E-state index contributed by atoms with van der Waals surface area (Å²) in [6.45, 7) is 2.62. The Hall–Kier alpha value is -2.18. The standard InChI is InChI=1S/C18H27N5O2/c1-2-20-17(25)12-5-3-11(4-6-12)9-15-14(16(19)24)10-21-18(23-15)22-13-7-8-13/h10-13H,2-9H2,1H3,(H2,19,24)(H,20,25)(H,21,22,23). The van der Waals surface area contributed by atoms with E-state index in [1.165, 1.54) is 6.20 Å². The molecule has 2 aliphatic carbocycles. The molecule has 0 aliphatic heterocycles. The predicted molar refractivity (Wildman–Crippen MR) is 95.0 cm³/mol. The Balaban J connectivity index is 1.63. The first-order valence-electron chi connectivity index (χ1n) is 9.26. The number of nitrogens with zero attached hydrogens (tertiary/aromatic N) is 2. The molecule has 2 amide bonds. The van der Waals surface area contributed by atoms with Gasteiger partial charge in [-0.05, 0) is 57.8 Å². The van der Waals surface area contributed by atoms with Crippen LogP contribution in [0.1, 0.15) is 61.5 Å². The van der Waals surface area contributed by atoms with E-state index in [-0.39, 0.29) is 11.8 Å². The van der Waals surface area contributed by atoms with Crippen LogP contribution in [0.4, 0.5) is 5.95 Å². The lowest BCUT2D eigenvalue weighted by atomic mass is 9.79. The minimum atomic E-state index is -0.482. The summed E-state index contributed by atoms with van der Waals surface area (Å²) in [5.41, 5.74) is 6.62. The van der Waals surface area contributed by atoms with Gasteiger partial charge in [0.1, 0.15) is 0 Å². The number of carbonyl (C=O) groups is 2. The van der Waals surface area contributed by atoms with Crippen LogP contribution in [-0.4, -0.2) is 34.4 Å². The summed E-state index contributed by atoms with van der Waals surface area (Å²) in [4.78, 5) is 32.4. The minimum Gasteiger partial charge on any atom is -0.365 e. The zero-order valence-corrected chi connectivity index (χ0v) is 14.8. The second-order valence-corrected chi connectivity index (χ2v) is 7.15. The molecule has 136 valence electrons. The molecular weight excluding hydrogens is 318 g/mol. The lowest BCUT2D eigenvalue weighted by Gasteiger charge is -2.27. The zero-order valence-electron chi connectivity index (χ0n) is 14.8. The molecule has 0 unspecified atom stereocenters. The Morgan fingerprint density at radius 1 is 1.20 bits per heavy atom. The first-order chi connectivity index (χ1) is 12.1. The zero-order chi connectivity index (χ0) is 17.8. The largest absolute Gasteiger partial charge is 0.365 e. The molecule has 1 aromatic heterocycles. The molecule has 0 bridgehead atoms. The molecule has 2 aliphatic rings. The van der Waals surface area contributed by atoms with Crippen molar-refractivity contribution in [3.05, 3.63) is 17.5 Å². The van der Waals surface area contributed by atoms with E-state index in [0.29, 0.717) is 36.4 Å². The molecule has 1 heterocycles. The van der Waals surface area contributed by atoms with Crippen molar-refractivity contribution in [2.75, 3.05) is 11.9 Å². The van der Waals surface area contributed by atoms with Crippen LogP contribution < -0.4 is 16.4 Å². The normalized spacial score (nSPS) is 23.1. The molecular formula is C18H27N5O2. The molecule has 25 heavy (non-hydrogen) atoms. The second kappa shape index (κ2) is 7.80. The second-order valence-electron chi connectivity index (χ2n) is 7.15. The summed E-state index contributed by atoms with van der Waals surface area (Å²) in [7, 11) is 0. The van der Waals surface area contributed by atoms with Crippen LogP contribution in [0.15, 0.2) is 6.20 Å². The summed E-state index contributed by atoms with van der Waals surface area (Å²) in [5, 5.41) is 6.17. The van der Waals surface area contributed by atoms with Gasteiger partial charge in [-0.3, -0.25) is 9.59 Å². The maximum absolute atomic E-state index is 12.0. The van der Waals surface area contributed by atoms with Crippen molar-refractivity contribution in [1.29, 1.82) is 0 Å². The van der Waals surface area contributed by atoms with Gasteiger partial charge in [0.2, 0.25) is 11.9 Å². The first-order valence-corrected chi connectivity index (χ1v) is 9.26. The van der Waals surface area contributed by atoms with Gasteiger partial charge in [-0.15, -0.1) is 0 Å². The quantitative estimate of drug-likeness (QED) is 0.696. The lowest BCUT2D eigenvalue weighted by Crippen LogP contribution is -2.33. The van der Waals surface area contributed by atoms with Crippen molar-refractivity contribution in [1.82, 2.24) is 15.3 Å². The van der Waals surface area contributed by atoms with Crippen molar-refractivity contribution in [3.63, 3.8) is 0 Å². The third-order valence-electron chi connectivity index (χ3n) is 5.09. The van der Waals surface area contributed by atoms with Gasteiger partial charge in [-0.1, -0.05) is 0 Å². The topological polar surface area (TPSA) is 110 Å². The number of nitrogens with two attached hydrogens (primary N) is 1. The Morgan fingerprint density at radius 2 is 1.92 bits per heavy atom. The third kappa shape index (κ3) is 4.67. The van der Waals surface area contributed by atoms with E-state index in [1.54, 1.807) is 0 Å². The first kappa shape index (κ1) is 17.6. The number of rotatable bonds is 7. The number of anilines is 1. The van der Waals surface area contributed by atoms with Crippen molar-refractivity contribution in [2.45, 2.75) is 57.9 Å². The van der Waals surface area contributed by atoms with Gasteiger partial charge in [0, 0.05) is 24.7 Å². The summed E-state index contributed by atoms with van der Waals surface area (Å²) in [5.74, 6) is 0.802. The molecule has 2 saturated carbocycles. The van der Waals surface area contributed by atoms with Crippen molar-refractivity contribution < 1.29 is 9.59 Å². The van der Waals surface area contributed by atoms with Crippen LogP contribution in [-0.2, 0) is 11.2 Å². The smallest absolute Gasteiger partial charge is 0.252 e. The molecule has 3 rings (SSSR count). The molecule has 7 nitrogen and oxygen atoms in total. The molecule has 0 saturated heterocycles. The van der Waals surface area contributed by atoms with Gasteiger partial charge >= 0.3 is 0 Å². The minimum absolute atomic E-state index is 0.115. The van der Waals surface area contributed by atoms with Gasteiger partial charge < -0.3 is 16.4 Å². The van der Waals surface area contributed by atoms with E-state index in [4.69, 9.17) is 5.73 Å². The van der Waals surface area contributed by atoms with Gasteiger partial charge in [-0.2, -0.15) is 0 Å². The number of nitrogens with one attached hydrogen (secondary N) is 2. The number of primary amides is 1. The molecule has 7 heteroatoms. The van der Waals surface area contributed by atoms with Crippen LogP contribution in [0.3, 0.4) is 0 Å². The maximum atomic E-state index is 12.0. The molecule has 0 aromatic carbocycles. The van der Waals surface area contributed by atoms with E-state index in [2.05, 4.69) is 20.6 Å². The fourth-order valence-electron chi connectivity index (χ4n) is 3.48. The van der Waals surface area contributed by atoms with Crippen molar-refractivity contribution in [2.24, 2.45) is 17.6 Å². The highest BCUT2D eigenvalue weighted by Gasteiger charge is 2.28. The Kier molecular flexibility index (Phi) is 5.50. The summed E-state index contributed by atoms with van der Waals surface area (Å²) < 4.78 is 0. The summed E-state index contributed by atoms with van der Waals surface area (Å²) in [6, 6.07) is 0.458. The van der Waals surface area contributed by atoms with Crippen LogP contribution >= 0.6 is 0 Å². The highest BCUT2D eigenvalue weighted by atomic mass is 16.2. The Morgan fingerprint density at radius 3 is 2.52 bits per heavy atom. The van der Waals surface area contributed by atoms with E-state index < -0.39 is 5.91 Å². The number of aromatic nitrogens is 2. The van der Waals surface area contributed by atoms with Crippen LogP contribution in [0.25, 0.3) is 0 Å². The molecule has 0 radical (unpaired) electrons. The molecule has 1 aromatic rings. The van der Waals surface area contributed by atoms with E-state index in [0.717, 1.165) is 44.2 Å². The van der Waals surface area contributed by atoms with E-state index in [1.807, 2.05) is 6.92 Å². The van der Waals surface area contributed by atoms with Crippen molar-refractivity contribution >= 4 is 17.8 Å².